The van der Waals surface area contributed by atoms with E-state index in [1.54, 1.807) is 6.07 Å². The average molecular weight is 207 g/mol. The molecule has 1 unspecified atom stereocenters. The first-order chi connectivity index (χ1) is 4.02. The lowest BCUT2D eigenvalue weighted by Crippen LogP contribution is -2.18. The fourth-order valence-corrected chi connectivity index (χ4v) is 1.11. The average Bonchev–Trinajstić information content (AvgIpc) is 1.65. The van der Waals surface area contributed by atoms with Gasteiger partial charge in [-0.2, -0.15) is 5.26 Å². The van der Waals surface area contributed by atoms with Crippen molar-refractivity contribution in [2.24, 2.45) is 5.92 Å². The van der Waals surface area contributed by atoms with Crippen LogP contribution in [0.5, 0.6) is 0 Å². The Morgan fingerprint density at radius 2 is 1.89 bits per heavy atom. The Morgan fingerprint density at radius 1 is 1.44 bits per heavy atom. The number of rotatable bonds is 1. The fraction of sp³-hybridized carbons (Fsp3) is 0.750. The first-order valence-corrected chi connectivity index (χ1v) is 3.71. The maximum atomic E-state index is 8.27. The van der Waals surface area contributed by atoms with E-state index in [2.05, 4.69) is 0 Å². The lowest BCUT2D eigenvalue weighted by atomic mass is 10.2. The molecular formula is C4H3Cl4N. The third-order valence-corrected chi connectivity index (χ3v) is 1.80. The summed E-state index contributed by atoms with van der Waals surface area (Å²) in [6, 6.07) is 1.76. The van der Waals surface area contributed by atoms with E-state index < -0.39 is 9.71 Å². The van der Waals surface area contributed by atoms with Crippen molar-refractivity contribution in [2.75, 3.05) is 5.88 Å². The quantitative estimate of drug-likeness (QED) is 0.606. The Morgan fingerprint density at radius 3 is 1.89 bits per heavy atom. The van der Waals surface area contributed by atoms with E-state index in [4.69, 9.17) is 51.7 Å². The van der Waals surface area contributed by atoms with Crippen LogP contribution in [0, 0.1) is 17.2 Å². The van der Waals surface area contributed by atoms with Crippen LogP contribution in [0.4, 0.5) is 0 Å². The molecule has 0 spiro atoms. The van der Waals surface area contributed by atoms with Crippen LogP contribution in [0.3, 0.4) is 0 Å². The molecule has 0 amide bonds. The second-order valence-corrected chi connectivity index (χ2v) is 4.06. The fourth-order valence-electron chi connectivity index (χ4n) is 0.195. The van der Waals surface area contributed by atoms with E-state index in [0.717, 1.165) is 0 Å². The molecule has 0 aliphatic heterocycles. The molecule has 1 nitrogen and oxygen atoms in total. The van der Waals surface area contributed by atoms with Crippen molar-refractivity contribution in [1.29, 1.82) is 5.26 Å². The Labute approximate surface area is 73.4 Å². The molecule has 0 saturated heterocycles. The van der Waals surface area contributed by atoms with Crippen molar-refractivity contribution >= 4 is 46.4 Å². The Kier molecular flexibility index (Phi) is 4.00. The van der Waals surface area contributed by atoms with Gasteiger partial charge in [0.25, 0.3) is 0 Å². The highest BCUT2D eigenvalue weighted by atomic mass is 35.6. The Balaban J connectivity index is 4.00. The van der Waals surface area contributed by atoms with Crippen LogP contribution in [0.15, 0.2) is 0 Å². The molecule has 5 heteroatoms. The Hall–Kier alpha value is 0.650. The predicted octanol–water partition coefficient (Wildman–Crippen LogP) is 2.74. The molecule has 0 rings (SSSR count). The molecule has 1 atom stereocenters. The molecule has 0 aromatic rings. The molecular weight excluding hydrogens is 204 g/mol. The summed E-state index contributed by atoms with van der Waals surface area (Å²) in [6.07, 6.45) is 0. The van der Waals surface area contributed by atoms with Crippen molar-refractivity contribution < 1.29 is 0 Å². The lowest BCUT2D eigenvalue weighted by molar-refractivity contribution is 0.777. The molecule has 0 aromatic heterocycles. The van der Waals surface area contributed by atoms with Crippen molar-refractivity contribution in [1.82, 2.24) is 0 Å². The van der Waals surface area contributed by atoms with Crippen LogP contribution >= 0.6 is 46.4 Å². The molecule has 0 N–H and O–H groups in total. The van der Waals surface area contributed by atoms with Crippen LogP contribution in [0.25, 0.3) is 0 Å². The summed E-state index contributed by atoms with van der Waals surface area (Å²) in [4.78, 5) is 0. The summed E-state index contributed by atoms with van der Waals surface area (Å²) < 4.78 is -1.56. The highest BCUT2D eigenvalue weighted by Crippen LogP contribution is 2.35. The van der Waals surface area contributed by atoms with E-state index in [1.807, 2.05) is 0 Å². The molecule has 0 radical (unpaired) electrons. The first kappa shape index (κ1) is 9.65. The van der Waals surface area contributed by atoms with Gasteiger partial charge in [0, 0.05) is 5.88 Å². The van der Waals surface area contributed by atoms with E-state index in [-0.39, 0.29) is 5.88 Å². The van der Waals surface area contributed by atoms with Gasteiger partial charge >= 0.3 is 0 Å². The van der Waals surface area contributed by atoms with Gasteiger partial charge in [-0.15, -0.1) is 11.6 Å². The molecule has 0 heterocycles. The summed E-state index contributed by atoms with van der Waals surface area (Å²) in [5, 5.41) is 8.27. The second kappa shape index (κ2) is 3.73. The van der Waals surface area contributed by atoms with E-state index >= 15 is 0 Å². The standard InChI is InChI=1S/C4H3Cl4N/c5-1-3(2-9)4(6,7)8/h3H,1H2. The van der Waals surface area contributed by atoms with Crippen LogP contribution < -0.4 is 0 Å². The monoisotopic (exact) mass is 205 g/mol. The maximum absolute atomic E-state index is 8.27. The van der Waals surface area contributed by atoms with Crippen LogP contribution in [0.2, 0.25) is 0 Å². The summed E-state index contributed by atoms with van der Waals surface area (Å²) in [5.74, 6) is -0.698. The highest BCUT2D eigenvalue weighted by molar-refractivity contribution is 6.68. The molecule has 0 aliphatic rings. The number of nitriles is 1. The van der Waals surface area contributed by atoms with E-state index in [1.165, 1.54) is 0 Å². The number of hydrogen-bond acceptors (Lipinski definition) is 1. The minimum Gasteiger partial charge on any atom is -0.198 e. The third-order valence-electron chi connectivity index (χ3n) is 0.705. The van der Waals surface area contributed by atoms with Crippen LogP contribution in [0.1, 0.15) is 0 Å². The van der Waals surface area contributed by atoms with Crippen molar-refractivity contribution in [3.63, 3.8) is 0 Å². The lowest BCUT2D eigenvalue weighted by Gasteiger charge is -2.13. The number of halogens is 4. The van der Waals surface area contributed by atoms with Gasteiger partial charge in [0.1, 0.15) is 5.92 Å². The van der Waals surface area contributed by atoms with Gasteiger partial charge in [-0.3, -0.25) is 0 Å². The normalized spacial score (nSPS) is 14.6. The minimum absolute atomic E-state index is 0.0347. The molecule has 0 aliphatic carbocycles. The van der Waals surface area contributed by atoms with Gasteiger partial charge < -0.3 is 0 Å². The van der Waals surface area contributed by atoms with Gasteiger partial charge in [-0.1, -0.05) is 34.8 Å². The predicted molar refractivity (Wildman–Crippen MR) is 40.1 cm³/mol. The molecule has 0 aromatic carbocycles. The maximum Gasteiger partial charge on any atom is 0.207 e. The molecule has 0 bridgehead atoms. The summed E-state index contributed by atoms with van der Waals surface area (Å²) >= 11 is 21.2. The van der Waals surface area contributed by atoms with Gasteiger partial charge in [0.2, 0.25) is 3.79 Å². The number of hydrogen-bond donors (Lipinski definition) is 0. The topological polar surface area (TPSA) is 23.8 Å². The summed E-state index contributed by atoms with van der Waals surface area (Å²) in [5.41, 5.74) is 0. The largest absolute Gasteiger partial charge is 0.207 e. The smallest absolute Gasteiger partial charge is 0.198 e. The van der Waals surface area contributed by atoms with Gasteiger partial charge in [-0.05, 0) is 0 Å². The zero-order valence-electron chi connectivity index (χ0n) is 4.24. The van der Waals surface area contributed by atoms with Crippen LogP contribution in [-0.4, -0.2) is 9.67 Å². The highest BCUT2D eigenvalue weighted by Gasteiger charge is 2.31. The molecule has 52 valence electrons. The van der Waals surface area contributed by atoms with Gasteiger partial charge in [-0.25, -0.2) is 0 Å². The third kappa shape index (κ3) is 3.37. The Bertz CT molecular complexity index is 122. The zero-order chi connectivity index (χ0) is 7.49. The van der Waals surface area contributed by atoms with E-state index in [9.17, 15) is 0 Å². The van der Waals surface area contributed by atoms with Crippen molar-refractivity contribution in [3.05, 3.63) is 0 Å². The number of nitrogens with zero attached hydrogens (tertiary/aromatic N) is 1. The summed E-state index contributed by atoms with van der Waals surface area (Å²) in [7, 11) is 0. The number of alkyl halides is 4. The van der Waals surface area contributed by atoms with Crippen molar-refractivity contribution in [2.45, 2.75) is 3.79 Å². The second-order valence-electron chi connectivity index (χ2n) is 1.38. The van der Waals surface area contributed by atoms with Crippen LogP contribution in [-0.2, 0) is 0 Å². The minimum atomic E-state index is -1.56. The SMILES string of the molecule is N#CC(CCl)C(Cl)(Cl)Cl. The summed E-state index contributed by atoms with van der Waals surface area (Å²) in [6.45, 7) is 0. The van der Waals surface area contributed by atoms with Gasteiger partial charge in [0.15, 0.2) is 0 Å². The zero-order valence-corrected chi connectivity index (χ0v) is 7.27. The first-order valence-electron chi connectivity index (χ1n) is 2.04. The van der Waals surface area contributed by atoms with Gasteiger partial charge in [0.05, 0.1) is 6.07 Å². The van der Waals surface area contributed by atoms with Crippen molar-refractivity contribution in [3.8, 4) is 6.07 Å². The molecule has 0 saturated carbocycles. The van der Waals surface area contributed by atoms with E-state index in [0.29, 0.717) is 0 Å². The molecule has 0 fully saturated rings. The molecule has 9 heavy (non-hydrogen) atoms.